The molecule has 0 amide bonds. The minimum Gasteiger partial charge on any atom is -0.370 e. The van der Waals surface area contributed by atoms with E-state index in [1.54, 1.807) is 7.05 Å². The van der Waals surface area contributed by atoms with E-state index in [1.807, 2.05) is 4.90 Å². The quantitative estimate of drug-likeness (QED) is 0.542. The van der Waals surface area contributed by atoms with Crippen molar-refractivity contribution in [3.05, 3.63) is 70.5 Å². The Morgan fingerprint density at radius 1 is 1.03 bits per heavy atom. The highest BCUT2D eigenvalue weighted by Gasteiger charge is 2.26. The molecule has 2 aromatic heterocycles. The predicted molar refractivity (Wildman–Crippen MR) is 139 cm³/mol. The molecule has 9 heteroatoms. The van der Waals surface area contributed by atoms with Crippen LogP contribution in [-0.4, -0.2) is 71.4 Å². The zero-order valence-corrected chi connectivity index (χ0v) is 21.1. The summed E-state index contributed by atoms with van der Waals surface area (Å²) in [6.07, 6.45) is 2.48. The number of pyridine rings is 1. The monoisotopic (exact) mass is 492 g/mol. The lowest BCUT2D eigenvalue weighted by Crippen LogP contribution is -2.48. The van der Waals surface area contributed by atoms with Gasteiger partial charge < -0.3 is 14.5 Å². The lowest BCUT2D eigenvalue weighted by Gasteiger charge is -2.38. The van der Waals surface area contributed by atoms with E-state index in [0.29, 0.717) is 37.4 Å². The molecule has 1 atom stereocenters. The highest BCUT2D eigenvalue weighted by Crippen LogP contribution is 2.28. The van der Waals surface area contributed by atoms with Crippen molar-refractivity contribution in [2.45, 2.75) is 26.0 Å². The van der Waals surface area contributed by atoms with Crippen molar-refractivity contribution in [3.63, 3.8) is 0 Å². The number of hydrogen-bond donors (Lipinski definition) is 0. The van der Waals surface area contributed by atoms with Crippen molar-refractivity contribution < 1.29 is 9.13 Å². The Balaban J connectivity index is 1.32. The van der Waals surface area contributed by atoms with E-state index in [9.17, 15) is 9.18 Å². The summed E-state index contributed by atoms with van der Waals surface area (Å²) in [5.41, 5.74) is 2.64. The molecule has 0 spiro atoms. The molecule has 8 nitrogen and oxygen atoms in total. The van der Waals surface area contributed by atoms with Gasteiger partial charge >= 0.3 is 0 Å². The van der Waals surface area contributed by atoms with Crippen LogP contribution in [0.2, 0.25) is 0 Å². The van der Waals surface area contributed by atoms with Crippen LogP contribution in [0.4, 0.5) is 16.0 Å². The third-order valence-corrected chi connectivity index (χ3v) is 7.18. The van der Waals surface area contributed by atoms with Gasteiger partial charge in [-0.25, -0.2) is 9.37 Å². The van der Waals surface area contributed by atoms with Crippen molar-refractivity contribution in [1.29, 1.82) is 0 Å². The second kappa shape index (κ2) is 10.4. The molecule has 36 heavy (non-hydrogen) atoms. The van der Waals surface area contributed by atoms with E-state index in [4.69, 9.17) is 4.74 Å². The van der Waals surface area contributed by atoms with Crippen molar-refractivity contribution in [3.8, 4) is 11.3 Å². The van der Waals surface area contributed by atoms with Crippen LogP contribution >= 0.6 is 0 Å². The second-order valence-electron chi connectivity index (χ2n) is 9.71. The molecule has 0 bridgehead atoms. The fraction of sp³-hybridized carbons (Fsp3) is 0.444. The maximum absolute atomic E-state index is 14.3. The lowest BCUT2D eigenvalue weighted by molar-refractivity contribution is 0.0390. The SMILES string of the molecule is CC(C)N1CCN(c2ccc([C@H]3CN(c4nc(-c5ccncc5F)cc(=O)n4C)CCO3)cc2)CC1. The molecule has 0 saturated carbocycles. The summed E-state index contributed by atoms with van der Waals surface area (Å²) in [6.45, 7) is 10.4. The Hall–Kier alpha value is -3.30. The zero-order valence-electron chi connectivity index (χ0n) is 21.1. The number of benzene rings is 1. The summed E-state index contributed by atoms with van der Waals surface area (Å²) in [5, 5.41) is 0. The van der Waals surface area contributed by atoms with Gasteiger partial charge in [0, 0.05) is 69.3 Å². The number of hydrogen-bond acceptors (Lipinski definition) is 7. The molecule has 0 N–H and O–H groups in total. The Morgan fingerprint density at radius 2 is 1.78 bits per heavy atom. The van der Waals surface area contributed by atoms with E-state index in [1.165, 1.54) is 28.6 Å². The number of halogens is 1. The van der Waals surface area contributed by atoms with Crippen LogP contribution in [0.3, 0.4) is 0 Å². The van der Waals surface area contributed by atoms with Gasteiger partial charge in [-0.2, -0.15) is 0 Å². The summed E-state index contributed by atoms with van der Waals surface area (Å²) in [6, 6.07) is 12.1. The average molecular weight is 493 g/mol. The number of anilines is 2. The summed E-state index contributed by atoms with van der Waals surface area (Å²) < 4.78 is 21.9. The second-order valence-corrected chi connectivity index (χ2v) is 9.71. The molecule has 1 aromatic carbocycles. The fourth-order valence-corrected chi connectivity index (χ4v) is 4.96. The molecule has 2 aliphatic heterocycles. The number of rotatable bonds is 5. The molecular weight excluding hydrogens is 459 g/mol. The summed E-state index contributed by atoms with van der Waals surface area (Å²) >= 11 is 0. The van der Waals surface area contributed by atoms with E-state index < -0.39 is 5.82 Å². The third kappa shape index (κ3) is 4.99. The summed E-state index contributed by atoms with van der Waals surface area (Å²) in [7, 11) is 1.69. The molecule has 5 rings (SSSR count). The smallest absolute Gasteiger partial charge is 0.255 e. The normalized spacial score (nSPS) is 19.2. The topological polar surface area (TPSA) is 66.7 Å². The highest BCUT2D eigenvalue weighted by molar-refractivity contribution is 5.60. The van der Waals surface area contributed by atoms with Crippen LogP contribution in [0, 0.1) is 5.82 Å². The molecule has 0 unspecified atom stereocenters. The number of nitrogens with zero attached hydrogens (tertiary/aromatic N) is 6. The standard InChI is InChI=1S/C27H33FN6O2/c1-19(2)32-10-12-33(13-11-32)21-6-4-20(5-7-21)25-18-34(14-15-36-25)27-30-24(16-26(35)31(27)3)22-8-9-29-17-23(22)28/h4-9,16-17,19,25H,10-15,18H2,1-3H3/t25-/m1/s1. The summed E-state index contributed by atoms with van der Waals surface area (Å²) in [4.78, 5) is 28.1. The van der Waals surface area contributed by atoms with Crippen molar-refractivity contribution >= 4 is 11.6 Å². The van der Waals surface area contributed by atoms with Gasteiger partial charge in [0.25, 0.3) is 5.56 Å². The Bertz CT molecular complexity index is 1250. The molecular formula is C27H33FN6O2. The van der Waals surface area contributed by atoms with Crippen LogP contribution in [0.25, 0.3) is 11.3 Å². The van der Waals surface area contributed by atoms with Crippen LogP contribution in [0.15, 0.2) is 53.6 Å². The molecule has 2 saturated heterocycles. The average Bonchev–Trinajstić information content (AvgIpc) is 2.91. The third-order valence-electron chi connectivity index (χ3n) is 7.18. The minimum atomic E-state index is -0.505. The minimum absolute atomic E-state index is 0.149. The Labute approximate surface area is 211 Å². The number of ether oxygens (including phenoxy) is 1. The predicted octanol–water partition coefficient (Wildman–Crippen LogP) is 3.09. The first kappa shape index (κ1) is 24.4. The zero-order chi connectivity index (χ0) is 25.2. The molecule has 3 aromatic rings. The summed E-state index contributed by atoms with van der Waals surface area (Å²) in [5.74, 6) is -0.00331. The van der Waals surface area contributed by atoms with E-state index in [-0.39, 0.29) is 17.2 Å². The maximum atomic E-state index is 14.3. The van der Waals surface area contributed by atoms with Crippen LogP contribution in [0.5, 0.6) is 0 Å². The van der Waals surface area contributed by atoms with Gasteiger partial charge in [0.1, 0.15) is 6.10 Å². The molecule has 0 radical (unpaired) electrons. The van der Waals surface area contributed by atoms with E-state index in [0.717, 1.165) is 37.9 Å². The van der Waals surface area contributed by atoms with E-state index >= 15 is 0 Å². The molecule has 190 valence electrons. The maximum Gasteiger partial charge on any atom is 0.255 e. The first-order valence-electron chi connectivity index (χ1n) is 12.5. The van der Waals surface area contributed by atoms with Crippen LogP contribution in [0.1, 0.15) is 25.5 Å². The van der Waals surface area contributed by atoms with E-state index in [2.05, 4.69) is 57.9 Å². The van der Waals surface area contributed by atoms with Crippen molar-refractivity contribution in [2.75, 3.05) is 55.7 Å². The Morgan fingerprint density at radius 3 is 2.47 bits per heavy atom. The van der Waals surface area contributed by atoms with Crippen molar-refractivity contribution in [1.82, 2.24) is 19.4 Å². The fourth-order valence-electron chi connectivity index (χ4n) is 4.96. The number of piperazine rings is 1. The lowest BCUT2D eigenvalue weighted by atomic mass is 10.1. The van der Waals surface area contributed by atoms with Gasteiger partial charge in [-0.1, -0.05) is 12.1 Å². The largest absolute Gasteiger partial charge is 0.370 e. The molecule has 0 aliphatic carbocycles. The highest BCUT2D eigenvalue weighted by atomic mass is 19.1. The van der Waals surface area contributed by atoms with Crippen molar-refractivity contribution in [2.24, 2.45) is 7.05 Å². The Kier molecular flexibility index (Phi) is 7.02. The number of morpholine rings is 1. The van der Waals surface area contributed by atoms with Gasteiger partial charge in [0.05, 0.1) is 25.0 Å². The van der Waals surface area contributed by atoms with Crippen LogP contribution in [-0.2, 0) is 11.8 Å². The first-order chi connectivity index (χ1) is 17.4. The van der Waals surface area contributed by atoms with Gasteiger partial charge in [-0.05, 0) is 37.6 Å². The molecule has 4 heterocycles. The van der Waals surface area contributed by atoms with Gasteiger partial charge in [-0.3, -0.25) is 19.2 Å². The van der Waals surface area contributed by atoms with Gasteiger partial charge in [-0.15, -0.1) is 0 Å². The van der Waals surface area contributed by atoms with Gasteiger partial charge in [0.2, 0.25) is 5.95 Å². The molecule has 2 aliphatic rings. The first-order valence-corrected chi connectivity index (χ1v) is 12.5. The van der Waals surface area contributed by atoms with Crippen LogP contribution < -0.4 is 15.4 Å². The van der Waals surface area contributed by atoms with Gasteiger partial charge in [0.15, 0.2) is 5.82 Å². The molecule has 2 fully saturated rings. The number of aromatic nitrogens is 3.